The smallest absolute Gasteiger partial charge is 0.435 e. The third-order valence-electron chi connectivity index (χ3n) is 7.37. The molecule has 0 spiro atoms. The third-order valence-corrected chi connectivity index (χ3v) is 7.72. The SMILES string of the molecule is C.C.CC(C)N.CN(C)CCOc1cc(Nc2ccc3c(cnn3C(=O)OC(C)(C)C)c2)nc(Cl)n1.Clc1nccc(Nc2ccc3c(c2)C=NC3)n1.NC1CCOC1. The topological polar surface area (TPSA) is 206 Å². The van der Waals surface area contributed by atoms with Crippen molar-refractivity contribution in [2.75, 3.05) is 51.1 Å². The maximum atomic E-state index is 12.3. The number of aliphatic imine (C=N–C) groups is 1. The molecule has 1 fully saturated rings. The largest absolute Gasteiger partial charge is 0.476 e. The van der Waals surface area contributed by atoms with Crippen LogP contribution in [0, 0.1) is 0 Å². The molecule has 0 bridgehead atoms. The summed E-state index contributed by atoms with van der Waals surface area (Å²) in [6, 6.07) is 15.7. The molecule has 5 aromatic rings. The van der Waals surface area contributed by atoms with Crippen LogP contribution in [0.4, 0.5) is 27.8 Å². The second-order valence-electron chi connectivity index (χ2n) is 14.5. The molecule has 6 N–H and O–H groups in total. The first kappa shape index (κ1) is 50.2. The van der Waals surface area contributed by atoms with Crippen LogP contribution in [0.2, 0.25) is 10.6 Å². The van der Waals surface area contributed by atoms with E-state index in [4.69, 9.17) is 48.9 Å². The standard InChI is InChI=1S/C20H25ClN6O3.C12H9ClN4.C4H9NO.C3H9N.2CH4/c1-20(2,3)30-19(28)27-15-7-6-14(10-13(15)12-22-27)23-16-11-17(25-18(21)24-16)29-9-8-26(4)5;13-12-15-4-3-11(17-12)16-10-2-1-8-6-14-7-9(8)5-10;5-4-1-2-6-3-4;1-3(2)4;;/h6-7,10-12H,8-9H2,1-5H3,(H,23,24,25);1-5,7H,6H2,(H,15,16,17);4H,1-3,5H2;3H,4H2,1-2H3;2*1H4. The van der Waals surface area contributed by atoms with Gasteiger partial charge in [-0.15, -0.1) is 0 Å². The van der Waals surface area contributed by atoms with Crippen LogP contribution in [0.3, 0.4) is 0 Å². The van der Waals surface area contributed by atoms with Gasteiger partial charge in [0.15, 0.2) is 0 Å². The number of nitrogens with one attached hydrogen (secondary N) is 2. The summed E-state index contributed by atoms with van der Waals surface area (Å²) >= 11 is 11.7. The highest BCUT2D eigenvalue weighted by Gasteiger charge is 2.20. The van der Waals surface area contributed by atoms with E-state index in [0.717, 1.165) is 55.0 Å². The van der Waals surface area contributed by atoms with Crippen LogP contribution in [0.15, 0.2) is 65.9 Å². The number of aromatic nitrogens is 6. The zero-order valence-corrected chi connectivity index (χ0v) is 34.9. The summed E-state index contributed by atoms with van der Waals surface area (Å²) < 4.78 is 17.2. The van der Waals surface area contributed by atoms with E-state index in [9.17, 15) is 4.79 Å². The maximum Gasteiger partial charge on any atom is 0.435 e. The summed E-state index contributed by atoms with van der Waals surface area (Å²) in [4.78, 5) is 34.7. The molecule has 59 heavy (non-hydrogen) atoms. The average molecular weight is 856 g/mol. The fourth-order valence-corrected chi connectivity index (χ4v) is 5.18. The van der Waals surface area contributed by atoms with Crippen molar-refractivity contribution in [3.05, 3.63) is 82.6 Å². The molecule has 2 aliphatic rings. The minimum atomic E-state index is -0.602. The summed E-state index contributed by atoms with van der Waals surface area (Å²) in [7, 11) is 3.93. The monoisotopic (exact) mass is 854 g/mol. The lowest BCUT2D eigenvalue weighted by atomic mass is 10.1. The number of hydrogen-bond acceptors (Lipinski definition) is 15. The molecule has 18 heteroatoms. The van der Waals surface area contributed by atoms with E-state index in [1.807, 2.05) is 84.1 Å². The molecule has 0 aliphatic carbocycles. The number of benzene rings is 2. The number of nitrogens with zero attached hydrogens (tertiary/aromatic N) is 8. The van der Waals surface area contributed by atoms with Crippen LogP contribution in [-0.2, 0) is 16.0 Å². The number of likely N-dealkylation sites (N-methyl/N-ethyl adjacent to an activating group) is 1. The van der Waals surface area contributed by atoms with Crippen LogP contribution in [0.5, 0.6) is 5.88 Å². The number of rotatable bonds is 8. The summed E-state index contributed by atoms with van der Waals surface area (Å²) in [6.45, 7) is 13.0. The highest BCUT2D eigenvalue weighted by molar-refractivity contribution is 6.28. The van der Waals surface area contributed by atoms with Crippen molar-refractivity contribution in [3.8, 4) is 5.88 Å². The lowest BCUT2D eigenvalue weighted by Gasteiger charge is -2.19. The average Bonchev–Trinajstić information content (AvgIpc) is 3.89. The van der Waals surface area contributed by atoms with Gasteiger partial charge >= 0.3 is 6.09 Å². The van der Waals surface area contributed by atoms with Gasteiger partial charge in [-0.05, 0) is 118 Å². The highest BCUT2D eigenvalue weighted by Crippen LogP contribution is 2.25. The number of ether oxygens (including phenoxy) is 3. The van der Waals surface area contributed by atoms with Gasteiger partial charge in [-0.1, -0.05) is 34.8 Å². The minimum Gasteiger partial charge on any atom is -0.476 e. The number of fused-ring (bicyclic) bond motifs is 2. The Labute approximate surface area is 358 Å². The number of carbonyl (C=O) groups excluding carboxylic acids is 1. The van der Waals surface area contributed by atoms with Crippen molar-refractivity contribution in [1.82, 2.24) is 34.6 Å². The Morgan fingerprint density at radius 1 is 1.00 bits per heavy atom. The number of nitrogens with two attached hydrogens (primary N) is 2. The summed E-state index contributed by atoms with van der Waals surface area (Å²) in [5.74, 6) is 1.56. The Bertz CT molecular complexity index is 2080. The fraction of sp³-hybridized carbons (Fsp3) is 0.439. The van der Waals surface area contributed by atoms with E-state index >= 15 is 0 Å². The van der Waals surface area contributed by atoms with Gasteiger partial charge in [0.05, 0.1) is 24.9 Å². The lowest BCUT2D eigenvalue weighted by molar-refractivity contribution is 0.0522. The van der Waals surface area contributed by atoms with Gasteiger partial charge in [0, 0.05) is 54.4 Å². The molecule has 0 amide bonds. The molecule has 7 rings (SSSR count). The molecular formula is C41H60Cl2N12O4. The Balaban J connectivity index is 0.000000345. The van der Waals surface area contributed by atoms with Crippen LogP contribution in [-0.4, -0.2) is 105 Å². The van der Waals surface area contributed by atoms with Gasteiger partial charge in [0.2, 0.25) is 16.4 Å². The van der Waals surface area contributed by atoms with Crippen LogP contribution in [0.25, 0.3) is 10.9 Å². The van der Waals surface area contributed by atoms with E-state index in [2.05, 4.69) is 46.7 Å². The van der Waals surface area contributed by atoms with Crippen molar-refractivity contribution in [2.45, 2.75) is 80.1 Å². The van der Waals surface area contributed by atoms with Gasteiger partial charge in [0.1, 0.15) is 23.8 Å². The number of halogens is 2. The normalized spacial score (nSPS) is 13.7. The Hall–Kier alpha value is -4.97. The summed E-state index contributed by atoms with van der Waals surface area (Å²) in [5, 5.41) is 11.6. The molecule has 0 saturated carbocycles. The Kier molecular flexibility index (Phi) is 20.6. The first-order valence-electron chi connectivity index (χ1n) is 18.3. The van der Waals surface area contributed by atoms with E-state index in [0.29, 0.717) is 41.7 Å². The second kappa shape index (κ2) is 24.2. The van der Waals surface area contributed by atoms with E-state index in [1.165, 1.54) is 10.2 Å². The molecule has 2 aliphatic heterocycles. The zero-order valence-electron chi connectivity index (χ0n) is 33.4. The quantitative estimate of drug-likeness (QED) is 0.109. The van der Waals surface area contributed by atoms with Crippen molar-refractivity contribution < 1.29 is 19.0 Å². The third kappa shape index (κ3) is 17.8. The predicted octanol–water partition coefficient (Wildman–Crippen LogP) is 8.11. The predicted molar refractivity (Wildman–Crippen MR) is 240 cm³/mol. The minimum absolute atomic E-state index is 0. The van der Waals surface area contributed by atoms with E-state index in [-0.39, 0.29) is 25.4 Å². The maximum absolute atomic E-state index is 12.3. The molecule has 322 valence electrons. The summed E-state index contributed by atoms with van der Waals surface area (Å²) in [6.07, 6.45) is 5.62. The second-order valence-corrected chi connectivity index (χ2v) is 15.2. The van der Waals surface area contributed by atoms with Gasteiger partial charge in [0.25, 0.3) is 0 Å². The number of carbonyl (C=O) groups is 1. The lowest BCUT2D eigenvalue weighted by Crippen LogP contribution is -2.27. The van der Waals surface area contributed by atoms with Crippen LogP contribution >= 0.6 is 23.2 Å². The Morgan fingerprint density at radius 2 is 1.68 bits per heavy atom. The van der Waals surface area contributed by atoms with Crippen molar-refractivity contribution in [1.29, 1.82) is 0 Å². The molecule has 3 aromatic heterocycles. The zero-order chi connectivity index (χ0) is 41.5. The Morgan fingerprint density at radius 3 is 2.31 bits per heavy atom. The molecule has 5 heterocycles. The highest BCUT2D eigenvalue weighted by atomic mass is 35.5. The molecule has 2 aromatic carbocycles. The molecule has 0 radical (unpaired) electrons. The molecule has 1 saturated heterocycles. The van der Waals surface area contributed by atoms with Crippen molar-refractivity contribution >= 4 is 69.4 Å². The van der Waals surface area contributed by atoms with Gasteiger partial charge < -0.3 is 41.2 Å². The molecule has 1 atom stereocenters. The number of hydrogen-bond donors (Lipinski definition) is 4. The summed E-state index contributed by atoms with van der Waals surface area (Å²) in [5.41, 5.74) is 14.7. The van der Waals surface area contributed by atoms with Gasteiger partial charge in [-0.2, -0.15) is 14.8 Å². The first-order chi connectivity index (χ1) is 27.0. The molecule has 1 unspecified atom stereocenters. The fourth-order valence-electron chi connectivity index (χ4n) is 4.86. The van der Waals surface area contributed by atoms with Gasteiger partial charge in [-0.3, -0.25) is 4.99 Å². The molecular weight excluding hydrogens is 795 g/mol. The van der Waals surface area contributed by atoms with Crippen molar-refractivity contribution in [2.24, 2.45) is 16.5 Å². The van der Waals surface area contributed by atoms with Gasteiger partial charge in [-0.25, -0.2) is 19.7 Å². The molecule has 16 nitrogen and oxygen atoms in total. The van der Waals surface area contributed by atoms with E-state index in [1.54, 1.807) is 30.6 Å². The van der Waals surface area contributed by atoms with Crippen molar-refractivity contribution in [3.63, 3.8) is 0 Å². The van der Waals surface area contributed by atoms with Crippen LogP contribution in [0.1, 0.15) is 67.0 Å². The first-order valence-corrected chi connectivity index (χ1v) is 19.1. The van der Waals surface area contributed by atoms with E-state index < -0.39 is 11.7 Å². The van der Waals surface area contributed by atoms with Crippen LogP contribution < -0.4 is 26.8 Å². The number of anilines is 4.